The van der Waals surface area contributed by atoms with E-state index in [1.807, 2.05) is 53.9 Å². The maximum absolute atomic E-state index is 12.8. The number of nitrogens with one attached hydrogen (secondary N) is 2. The molecule has 0 spiro atoms. The molecule has 1 aromatic heterocycles. The molecule has 0 fully saturated rings. The Balaban J connectivity index is 1.40. The normalized spacial score (nSPS) is 11.2. The molecule has 0 bridgehead atoms. The molecule has 35 heavy (non-hydrogen) atoms. The predicted molar refractivity (Wildman–Crippen MR) is 141 cm³/mol. The van der Waals surface area contributed by atoms with Crippen LogP contribution in [0.2, 0.25) is 0 Å². The number of anilines is 1. The summed E-state index contributed by atoms with van der Waals surface area (Å²) in [5.41, 5.74) is 2.61. The van der Waals surface area contributed by atoms with Crippen LogP contribution >= 0.6 is 11.3 Å². The number of thiophene rings is 1. The number of amides is 2. The monoisotopic (exact) mass is 488 g/mol. The summed E-state index contributed by atoms with van der Waals surface area (Å²) in [6.07, 6.45) is 0. The van der Waals surface area contributed by atoms with Crippen LogP contribution in [-0.4, -0.2) is 32.6 Å². The fraction of sp³-hybridized carbons (Fsp3) is 0.214. The summed E-state index contributed by atoms with van der Waals surface area (Å²) >= 11 is 1.57. The molecule has 0 aliphatic rings. The maximum atomic E-state index is 12.8. The molecule has 180 valence electrons. The van der Waals surface area contributed by atoms with Gasteiger partial charge in [-0.1, -0.05) is 44.2 Å². The van der Waals surface area contributed by atoms with E-state index in [2.05, 4.69) is 24.5 Å². The molecule has 4 aromatic rings. The van der Waals surface area contributed by atoms with Crippen molar-refractivity contribution in [1.29, 1.82) is 0 Å². The van der Waals surface area contributed by atoms with Gasteiger partial charge >= 0.3 is 0 Å². The highest BCUT2D eigenvalue weighted by atomic mass is 32.1. The van der Waals surface area contributed by atoms with Crippen LogP contribution in [0.3, 0.4) is 0 Å². The van der Waals surface area contributed by atoms with E-state index in [4.69, 9.17) is 9.47 Å². The van der Waals surface area contributed by atoms with Crippen molar-refractivity contribution in [3.05, 3.63) is 88.8 Å². The van der Waals surface area contributed by atoms with Crippen molar-refractivity contribution in [3.63, 3.8) is 0 Å². The SMILES string of the molecule is COc1ccc(C(=O)Nc2ccc(C(C)(C)CNC(=O)c3csc4ccccc34)cc2)cc1OC. The Labute approximate surface area is 208 Å². The fourth-order valence-electron chi connectivity index (χ4n) is 3.84. The van der Waals surface area contributed by atoms with Crippen LogP contribution in [0.25, 0.3) is 10.1 Å². The molecule has 0 saturated heterocycles. The zero-order chi connectivity index (χ0) is 25.0. The third-order valence-electron chi connectivity index (χ3n) is 5.99. The molecule has 3 aromatic carbocycles. The molecule has 0 atom stereocenters. The second kappa shape index (κ2) is 10.2. The van der Waals surface area contributed by atoms with Crippen LogP contribution in [0.15, 0.2) is 72.1 Å². The summed E-state index contributed by atoms with van der Waals surface area (Å²) in [6, 6.07) is 20.6. The fourth-order valence-corrected chi connectivity index (χ4v) is 4.78. The Morgan fingerprint density at radius 3 is 2.31 bits per heavy atom. The van der Waals surface area contributed by atoms with Crippen molar-refractivity contribution < 1.29 is 19.1 Å². The zero-order valence-corrected chi connectivity index (χ0v) is 21.0. The number of ether oxygens (including phenoxy) is 2. The lowest BCUT2D eigenvalue weighted by molar-refractivity contribution is 0.0947. The number of carbonyl (C=O) groups is 2. The van der Waals surface area contributed by atoms with Crippen molar-refractivity contribution in [2.45, 2.75) is 19.3 Å². The first kappa shape index (κ1) is 24.3. The number of hydrogen-bond donors (Lipinski definition) is 2. The summed E-state index contributed by atoms with van der Waals surface area (Å²) in [5, 5.41) is 8.87. The lowest BCUT2D eigenvalue weighted by Gasteiger charge is -2.26. The van der Waals surface area contributed by atoms with Gasteiger partial charge in [0, 0.05) is 38.7 Å². The highest BCUT2D eigenvalue weighted by Crippen LogP contribution is 2.29. The summed E-state index contributed by atoms with van der Waals surface area (Å²) in [6.45, 7) is 4.64. The summed E-state index contributed by atoms with van der Waals surface area (Å²) in [5.74, 6) is 0.743. The van der Waals surface area contributed by atoms with E-state index in [1.54, 1.807) is 36.6 Å². The van der Waals surface area contributed by atoms with Crippen molar-refractivity contribution in [3.8, 4) is 11.5 Å². The van der Waals surface area contributed by atoms with E-state index >= 15 is 0 Å². The molecule has 1 heterocycles. The lowest BCUT2D eigenvalue weighted by atomic mass is 9.84. The van der Waals surface area contributed by atoms with E-state index in [0.717, 1.165) is 15.6 Å². The average Bonchev–Trinajstić information content (AvgIpc) is 3.31. The van der Waals surface area contributed by atoms with Crippen molar-refractivity contribution in [2.24, 2.45) is 0 Å². The van der Waals surface area contributed by atoms with Gasteiger partial charge < -0.3 is 20.1 Å². The molecule has 0 aliphatic heterocycles. The predicted octanol–water partition coefficient (Wildman–Crippen LogP) is 5.88. The van der Waals surface area contributed by atoms with Crippen LogP contribution in [0.5, 0.6) is 11.5 Å². The van der Waals surface area contributed by atoms with Crippen LogP contribution in [0.1, 0.15) is 40.1 Å². The summed E-state index contributed by atoms with van der Waals surface area (Å²) in [4.78, 5) is 25.5. The van der Waals surface area contributed by atoms with Gasteiger partial charge in [-0.15, -0.1) is 11.3 Å². The van der Waals surface area contributed by atoms with Crippen LogP contribution < -0.4 is 20.1 Å². The number of fused-ring (bicyclic) bond motifs is 1. The number of rotatable bonds is 8. The molecule has 2 N–H and O–H groups in total. The number of methoxy groups -OCH3 is 2. The molecular formula is C28H28N2O4S. The molecule has 0 aliphatic carbocycles. The lowest BCUT2D eigenvalue weighted by Crippen LogP contribution is -2.36. The van der Waals surface area contributed by atoms with Gasteiger partial charge in [0.25, 0.3) is 11.8 Å². The Morgan fingerprint density at radius 2 is 1.60 bits per heavy atom. The Kier molecular flexibility index (Phi) is 7.07. The molecule has 2 amide bonds. The van der Waals surface area contributed by atoms with Crippen LogP contribution in [0.4, 0.5) is 5.69 Å². The molecule has 6 nitrogen and oxygen atoms in total. The third-order valence-corrected chi connectivity index (χ3v) is 6.95. The molecule has 0 saturated carbocycles. The standard InChI is InChI=1S/C28H28N2O4S/c1-28(2,17-29-27(32)22-16-35-25-8-6-5-7-21(22)25)19-10-12-20(13-11-19)30-26(31)18-9-14-23(33-3)24(15-18)34-4/h5-16H,17H2,1-4H3,(H,29,32)(H,30,31). The maximum Gasteiger partial charge on any atom is 0.255 e. The minimum absolute atomic E-state index is 0.0747. The first-order valence-corrected chi connectivity index (χ1v) is 12.1. The van der Waals surface area contributed by atoms with Gasteiger partial charge in [0.05, 0.1) is 19.8 Å². The van der Waals surface area contributed by atoms with E-state index in [-0.39, 0.29) is 17.2 Å². The number of hydrogen-bond acceptors (Lipinski definition) is 5. The van der Waals surface area contributed by atoms with Crippen molar-refractivity contribution in [2.75, 3.05) is 26.1 Å². The Hall–Kier alpha value is -3.84. The minimum Gasteiger partial charge on any atom is -0.493 e. The highest BCUT2D eigenvalue weighted by molar-refractivity contribution is 7.17. The molecule has 4 rings (SSSR count). The van der Waals surface area contributed by atoms with Gasteiger partial charge in [0.2, 0.25) is 0 Å². The second-order valence-electron chi connectivity index (χ2n) is 8.81. The first-order valence-electron chi connectivity index (χ1n) is 11.2. The van der Waals surface area contributed by atoms with E-state index < -0.39 is 0 Å². The van der Waals surface area contributed by atoms with Crippen molar-refractivity contribution in [1.82, 2.24) is 5.32 Å². The number of benzene rings is 3. The zero-order valence-electron chi connectivity index (χ0n) is 20.2. The smallest absolute Gasteiger partial charge is 0.255 e. The van der Waals surface area contributed by atoms with Gasteiger partial charge in [-0.3, -0.25) is 9.59 Å². The minimum atomic E-state index is -0.298. The van der Waals surface area contributed by atoms with Gasteiger partial charge in [0.15, 0.2) is 11.5 Å². The topological polar surface area (TPSA) is 76.7 Å². The van der Waals surface area contributed by atoms with Gasteiger partial charge in [-0.2, -0.15) is 0 Å². The molecule has 7 heteroatoms. The van der Waals surface area contributed by atoms with Crippen LogP contribution in [0, 0.1) is 0 Å². The van der Waals surface area contributed by atoms with E-state index in [9.17, 15) is 9.59 Å². The highest BCUT2D eigenvalue weighted by Gasteiger charge is 2.23. The van der Waals surface area contributed by atoms with E-state index in [1.165, 1.54) is 7.11 Å². The summed E-state index contributed by atoms with van der Waals surface area (Å²) < 4.78 is 11.6. The first-order chi connectivity index (χ1) is 16.8. The van der Waals surface area contributed by atoms with Gasteiger partial charge in [-0.25, -0.2) is 0 Å². The van der Waals surface area contributed by atoms with Gasteiger partial charge in [-0.05, 0) is 42.0 Å². The average molecular weight is 489 g/mol. The third kappa shape index (κ3) is 5.30. The van der Waals surface area contributed by atoms with Crippen molar-refractivity contribution >= 4 is 38.9 Å². The van der Waals surface area contributed by atoms with Gasteiger partial charge in [0.1, 0.15) is 0 Å². The summed E-state index contributed by atoms with van der Waals surface area (Å²) in [7, 11) is 3.08. The van der Waals surface area contributed by atoms with Crippen LogP contribution in [-0.2, 0) is 5.41 Å². The molecule has 0 unspecified atom stereocenters. The molecule has 0 radical (unpaired) electrons. The quantitative estimate of drug-likeness (QED) is 0.325. The second-order valence-corrected chi connectivity index (χ2v) is 9.72. The van der Waals surface area contributed by atoms with E-state index in [0.29, 0.717) is 34.9 Å². The Bertz CT molecular complexity index is 1360. The number of carbonyl (C=O) groups excluding carboxylic acids is 2. The molecular weight excluding hydrogens is 460 g/mol. The Morgan fingerprint density at radius 1 is 0.886 bits per heavy atom. The largest absolute Gasteiger partial charge is 0.493 e.